The van der Waals surface area contributed by atoms with Gasteiger partial charge in [-0.15, -0.1) is 12.6 Å². The molecule has 1 unspecified atom stereocenters. The Morgan fingerprint density at radius 1 is 1.41 bits per heavy atom. The van der Waals surface area contributed by atoms with Gasteiger partial charge >= 0.3 is 0 Å². The number of nitrogens with zero attached hydrogens (tertiary/aromatic N) is 1. The quantitative estimate of drug-likeness (QED) is 0.819. The van der Waals surface area contributed by atoms with Crippen LogP contribution in [0.4, 0.5) is 0 Å². The van der Waals surface area contributed by atoms with Crippen LogP contribution in [0, 0.1) is 0 Å². The molecular formula is C18H21NO2S. The minimum Gasteiger partial charge on any atom is -0.378 e. The normalized spacial score (nSPS) is 18.0. The van der Waals surface area contributed by atoms with Crippen molar-refractivity contribution in [2.75, 3.05) is 6.61 Å². The molecule has 1 aromatic carbocycles. The molecule has 1 atom stereocenters. The number of pyridine rings is 1. The van der Waals surface area contributed by atoms with E-state index >= 15 is 0 Å². The molecule has 1 fully saturated rings. The standard InChI is InChI=1S/C18H21NO2S/c20-15(5-2-6-16-7-3-9-21-16)11-13-10-14-4-1-8-17(22)18(14)19-12-13/h1,4,8,10,12,16,22H,2-3,5-7,9,11H2. The second kappa shape index (κ2) is 7.25. The van der Waals surface area contributed by atoms with E-state index in [4.69, 9.17) is 4.74 Å². The molecule has 1 aliphatic heterocycles. The van der Waals surface area contributed by atoms with Crippen LogP contribution in [0.1, 0.15) is 37.7 Å². The van der Waals surface area contributed by atoms with E-state index < -0.39 is 0 Å². The van der Waals surface area contributed by atoms with E-state index in [-0.39, 0.29) is 5.78 Å². The molecule has 1 aliphatic rings. The summed E-state index contributed by atoms with van der Waals surface area (Å²) in [5.74, 6) is 0.279. The molecule has 116 valence electrons. The van der Waals surface area contributed by atoms with Crippen LogP contribution in [0.5, 0.6) is 0 Å². The van der Waals surface area contributed by atoms with Gasteiger partial charge in [-0.1, -0.05) is 12.1 Å². The molecule has 3 rings (SSSR count). The monoisotopic (exact) mass is 315 g/mol. The largest absolute Gasteiger partial charge is 0.378 e. The predicted octanol–water partition coefficient (Wildman–Crippen LogP) is 3.98. The molecule has 0 N–H and O–H groups in total. The smallest absolute Gasteiger partial charge is 0.137 e. The lowest BCUT2D eigenvalue weighted by atomic mass is 10.0. The van der Waals surface area contributed by atoms with E-state index in [1.807, 2.05) is 24.3 Å². The van der Waals surface area contributed by atoms with Crippen molar-refractivity contribution in [3.63, 3.8) is 0 Å². The molecule has 0 amide bonds. The first kappa shape index (κ1) is 15.5. The number of para-hydroxylation sites is 1. The lowest BCUT2D eigenvalue weighted by Gasteiger charge is -2.08. The maximum absolute atomic E-state index is 12.1. The van der Waals surface area contributed by atoms with E-state index in [0.717, 1.165) is 53.7 Å². The maximum Gasteiger partial charge on any atom is 0.137 e. The summed E-state index contributed by atoms with van der Waals surface area (Å²) in [7, 11) is 0. The molecule has 2 heterocycles. The molecule has 1 saturated heterocycles. The van der Waals surface area contributed by atoms with E-state index in [2.05, 4.69) is 17.6 Å². The van der Waals surface area contributed by atoms with Crippen molar-refractivity contribution in [1.82, 2.24) is 4.98 Å². The first-order valence-corrected chi connectivity index (χ1v) is 8.37. The number of ether oxygens (including phenoxy) is 1. The highest BCUT2D eigenvalue weighted by Crippen LogP contribution is 2.21. The molecular weight excluding hydrogens is 294 g/mol. The highest BCUT2D eigenvalue weighted by Gasteiger charge is 2.15. The van der Waals surface area contributed by atoms with Crippen LogP contribution in [-0.4, -0.2) is 23.5 Å². The van der Waals surface area contributed by atoms with Gasteiger partial charge in [-0.3, -0.25) is 9.78 Å². The summed E-state index contributed by atoms with van der Waals surface area (Å²) in [6, 6.07) is 7.93. The van der Waals surface area contributed by atoms with Gasteiger partial charge in [0.2, 0.25) is 0 Å². The minimum absolute atomic E-state index is 0.279. The summed E-state index contributed by atoms with van der Waals surface area (Å²) in [4.78, 5) is 17.4. The van der Waals surface area contributed by atoms with Gasteiger partial charge < -0.3 is 4.74 Å². The Kier molecular flexibility index (Phi) is 5.11. The van der Waals surface area contributed by atoms with E-state index in [1.54, 1.807) is 6.20 Å². The van der Waals surface area contributed by atoms with Gasteiger partial charge in [0.1, 0.15) is 5.78 Å². The summed E-state index contributed by atoms with van der Waals surface area (Å²) in [6.45, 7) is 0.883. The molecule has 2 aromatic rings. The number of Topliss-reactive ketones (excluding diaryl/α,β-unsaturated/α-hetero) is 1. The van der Waals surface area contributed by atoms with Crippen molar-refractivity contribution in [1.29, 1.82) is 0 Å². The second-order valence-electron chi connectivity index (χ2n) is 5.94. The SMILES string of the molecule is O=C(CCCC1CCCO1)Cc1cnc2c(S)cccc2c1. The van der Waals surface area contributed by atoms with E-state index in [9.17, 15) is 4.79 Å². The molecule has 0 spiro atoms. The number of benzene rings is 1. The third-order valence-corrected chi connectivity index (χ3v) is 4.51. The summed E-state index contributed by atoms with van der Waals surface area (Å²) in [5, 5.41) is 1.04. The minimum atomic E-state index is 0.279. The number of fused-ring (bicyclic) bond motifs is 1. The Balaban J connectivity index is 1.54. The number of hydrogen-bond acceptors (Lipinski definition) is 4. The highest BCUT2D eigenvalue weighted by molar-refractivity contribution is 7.80. The zero-order valence-corrected chi connectivity index (χ0v) is 13.5. The van der Waals surface area contributed by atoms with Crippen LogP contribution in [-0.2, 0) is 16.0 Å². The Hall–Kier alpha value is -1.39. The van der Waals surface area contributed by atoms with Crippen LogP contribution in [0.25, 0.3) is 10.9 Å². The fourth-order valence-electron chi connectivity index (χ4n) is 3.00. The van der Waals surface area contributed by atoms with Crippen LogP contribution in [0.3, 0.4) is 0 Å². The van der Waals surface area contributed by atoms with Gasteiger partial charge in [0.25, 0.3) is 0 Å². The lowest BCUT2D eigenvalue weighted by Crippen LogP contribution is -2.08. The molecule has 4 heteroatoms. The molecule has 0 bridgehead atoms. The summed E-state index contributed by atoms with van der Waals surface area (Å²) >= 11 is 4.40. The number of thiol groups is 1. The number of carbonyl (C=O) groups excluding carboxylic acids is 1. The van der Waals surface area contributed by atoms with Gasteiger partial charge in [-0.2, -0.15) is 0 Å². The topological polar surface area (TPSA) is 39.2 Å². The molecule has 1 aromatic heterocycles. The first-order chi connectivity index (χ1) is 10.7. The Morgan fingerprint density at radius 2 is 2.32 bits per heavy atom. The maximum atomic E-state index is 12.1. The number of carbonyl (C=O) groups is 1. The van der Waals surface area contributed by atoms with E-state index in [1.165, 1.54) is 0 Å². The zero-order valence-electron chi connectivity index (χ0n) is 12.6. The Bertz CT molecular complexity index is 665. The molecule has 0 saturated carbocycles. The van der Waals surface area contributed by atoms with Gasteiger partial charge in [0, 0.05) is 35.9 Å². The van der Waals surface area contributed by atoms with Crippen LogP contribution < -0.4 is 0 Å². The fourth-order valence-corrected chi connectivity index (χ4v) is 3.27. The van der Waals surface area contributed by atoms with Crippen molar-refractivity contribution in [2.24, 2.45) is 0 Å². The predicted molar refractivity (Wildman–Crippen MR) is 90.5 cm³/mol. The van der Waals surface area contributed by atoms with E-state index in [0.29, 0.717) is 18.9 Å². The summed E-state index contributed by atoms with van der Waals surface area (Å²) in [5.41, 5.74) is 1.87. The van der Waals surface area contributed by atoms with Gasteiger partial charge in [0.15, 0.2) is 0 Å². The van der Waals surface area contributed by atoms with Crippen molar-refractivity contribution in [3.05, 3.63) is 36.0 Å². The average Bonchev–Trinajstić information content (AvgIpc) is 3.01. The van der Waals surface area contributed by atoms with Crippen molar-refractivity contribution in [2.45, 2.75) is 49.5 Å². The number of hydrogen-bond donors (Lipinski definition) is 1. The third-order valence-electron chi connectivity index (χ3n) is 4.15. The Morgan fingerprint density at radius 3 is 3.14 bits per heavy atom. The average molecular weight is 315 g/mol. The second-order valence-corrected chi connectivity index (χ2v) is 6.42. The van der Waals surface area contributed by atoms with Crippen molar-refractivity contribution < 1.29 is 9.53 Å². The summed E-state index contributed by atoms with van der Waals surface area (Å²) < 4.78 is 5.58. The number of ketones is 1. The summed E-state index contributed by atoms with van der Waals surface area (Å²) in [6.07, 6.45) is 7.50. The van der Waals surface area contributed by atoms with Crippen molar-refractivity contribution >= 4 is 29.3 Å². The molecule has 0 aliphatic carbocycles. The molecule has 0 radical (unpaired) electrons. The van der Waals surface area contributed by atoms with Gasteiger partial charge in [0.05, 0.1) is 11.6 Å². The van der Waals surface area contributed by atoms with Crippen LogP contribution in [0.15, 0.2) is 35.4 Å². The fraction of sp³-hybridized carbons (Fsp3) is 0.444. The molecule has 22 heavy (non-hydrogen) atoms. The van der Waals surface area contributed by atoms with Crippen LogP contribution in [0.2, 0.25) is 0 Å². The Labute approximate surface area is 136 Å². The third kappa shape index (κ3) is 3.87. The zero-order chi connectivity index (χ0) is 15.4. The molecule has 3 nitrogen and oxygen atoms in total. The first-order valence-electron chi connectivity index (χ1n) is 7.92. The lowest BCUT2D eigenvalue weighted by molar-refractivity contribution is -0.118. The van der Waals surface area contributed by atoms with Crippen molar-refractivity contribution in [3.8, 4) is 0 Å². The van der Waals surface area contributed by atoms with Gasteiger partial charge in [-0.05, 0) is 43.4 Å². The highest BCUT2D eigenvalue weighted by atomic mass is 32.1. The number of aromatic nitrogens is 1. The van der Waals surface area contributed by atoms with Crippen LogP contribution >= 0.6 is 12.6 Å². The number of rotatable bonds is 6. The van der Waals surface area contributed by atoms with Gasteiger partial charge in [-0.25, -0.2) is 0 Å².